The molecule has 0 atom stereocenters. The second-order valence-corrected chi connectivity index (χ2v) is 8.01. The fourth-order valence-corrected chi connectivity index (χ4v) is 4.50. The Morgan fingerprint density at radius 2 is 2.00 bits per heavy atom. The predicted octanol–water partition coefficient (Wildman–Crippen LogP) is 3.06. The van der Waals surface area contributed by atoms with Crippen molar-refractivity contribution in [1.82, 2.24) is 15.0 Å². The maximum atomic E-state index is 13.3. The van der Waals surface area contributed by atoms with Crippen molar-refractivity contribution < 1.29 is 13.9 Å². The van der Waals surface area contributed by atoms with Crippen LogP contribution in [0.5, 0.6) is 5.88 Å². The highest BCUT2D eigenvalue weighted by Crippen LogP contribution is 2.57. The largest absolute Gasteiger partial charge is 0.474 e. The molecule has 1 amide bonds. The van der Waals surface area contributed by atoms with E-state index in [9.17, 15) is 9.18 Å². The van der Waals surface area contributed by atoms with Crippen LogP contribution >= 0.6 is 0 Å². The maximum Gasteiger partial charge on any atom is 0.254 e. The van der Waals surface area contributed by atoms with E-state index in [0.29, 0.717) is 34.3 Å². The molecule has 7 nitrogen and oxygen atoms in total. The molecular weight excluding hydrogens is 373 g/mol. The molecule has 0 saturated heterocycles. The summed E-state index contributed by atoms with van der Waals surface area (Å²) >= 11 is 0. The number of carbonyl (C=O) groups excluding carboxylic acids is 1. The zero-order valence-corrected chi connectivity index (χ0v) is 15.6. The average molecular weight is 393 g/mol. The molecule has 3 aromatic rings. The van der Waals surface area contributed by atoms with Gasteiger partial charge in [0.25, 0.3) is 5.91 Å². The van der Waals surface area contributed by atoms with Gasteiger partial charge in [0.1, 0.15) is 23.3 Å². The highest BCUT2D eigenvalue weighted by atomic mass is 19.1. The minimum Gasteiger partial charge on any atom is -0.474 e. The summed E-state index contributed by atoms with van der Waals surface area (Å²) in [5, 5.41) is 3.42. The molecule has 8 heteroatoms. The number of anilines is 1. The SMILES string of the molecule is NC(=O)c1cccnc1OC1CC2(CC(Nc3cnc4cc(F)ccc4n3)C2)C1. The van der Waals surface area contributed by atoms with Crippen molar-refractivity contribution in [3.8, 4) is 5.88 Å². The van der Waals surface area contributed by atoms with Crippen molar-refractivity contribution in [1.29, 1.82) is 0 Å². The molecule has 2 heterocycles. The summed E-state index contributed by atoms with van der Waals surface area (Å²) in [6.07, 6.45) is 7.22. The van der Waals surface area contributed by atoms with E-state index < -0.39 is 5.91 Å². The van der Waals surface area contributed by atoms with E-state index in [4.69, 9.17) is 10.5 Å². The third-order valence-electron chi connectivity index (χ3n) is 5.85. The number of primary amides is 1. The Hall–Kier alpha value is -3.29. The highest BCUT2D eigenvalue weighted by Gasteiger charge is 2.54. The van der Waals surface area contributed by atoms with Gasteiger partial charge in [0, 0.05) is 18.3 Å². The molecule has 2 saturated carbocycles. The number of halogens is 1. The molecule has 0 radical (unpaired) electrons. The Morgan fingerprint density at radius 3 is 2.79 bits per heavy atom. The van der Waals surface area contributed by atoms with Gasteiger partial charge in [0.15, 0.2) is 0 Å². The van der Waals surface area contributed by atoms with Crippen LogP contribution in [0.1, 0.15) is 36.0 Å². The minimum atomic E-state index is -0.533. The number of nitrogens with one attached hydrogen (secondary N) is 1. The van der Waals surface area contributed by atoms with E-state index in [2.05, 4.69) is 20.3 Å². The summed E-state index contributed by atoms with van der Waals surface area (Å²) in [6.45, 7) is 0. The van der Waals surface area contributed by atoms with Gasteiger partial charge in [-0.2, -0.15) is 0 Å². The Morgan fingerprint density at radius 1 is 1.17 bits per heavy atom. The van der Waals surface area contributed by atoms with Gasteiger partial charge in [-0.3, -0.25) is 9.78 Å². The minimum absolute atomic E-state index is 0.0549. The fraction of sp³-hybridized carbons (Fsp3) is 0.333. The zero-order valence-electron chi connectivity index (χ0n) is 15.6. The maximum absolute atomic E-state index is 13.3. The Bertz CT molecular complexity index is 1090. The number of aromatic nitrogens is 3. The lowest BCUT2D eigenvalue weighted by molar-refractivity contribution is -0.0759. The number of benzene rings is 1. The van der Waals surface area contributed by atoms with Crippen LogP contribution in [-0.4, -0.2) is 33.0 Å². The van der Waals surface area contributed by atoms with E-state index >= 15 is 0 Å². The molecule has 5 rings (SSSR count). The standard InChI is InChI=1S/C21H20FN5O2/c22-12-3-4-16-17(6-12)25-11-18(27-16)26-13-7-21(8-13)9-14(10-21)29-20-15(19(23)28)2-1-5-24-20/h1-6,11,13-14H,7-10H2,(H2,23,28)(H,26,27). The van der Waals surface area contributed by atoms with Gasteiger partial charge in [0.05, 0.1) is 17.2 Å². The molecule has 1 spiro atoms. The molecule has 2 fully saturated rings. The number of fused-ring (bicyclic) bond motifs is 1. The lowest BCUT2D eigenvalue weighted by Gasteiger charge is -2.57. The van der Waals surface area contributed by atoms with Crippen molar-refractivity contribution in [3.05, 3.63) is 54.1 Å². The van der Waals surface area contributed by atoms with Crippen molar-refractivity contribution in [2.45, 2.75) is 37.8 Å². The topological polar surface area (TPSA) is 103 Å². The van der Waals surface area contributed by atoms with E-state index in [1.165, 1.54) is 12.1 Å². The first-order chi connectivity index (χ1) is 14.0. The van der Waals surface area contributed by atoms with E-state index in [1.54, 1.807) is 30.6 Å². The molecule has 2 aromatic heterocycles. The van der Waals surface area contributed by atoms with E-state index in [0.717, 1.165) is 25.7 Å². The molecular formula is C21H20FN5O2. The summed E-state index contributed by atoms with van der Waals surface area (Å²) in [7, 11) is 0. The molecule has 2 aliphatic carbocycles. The number of hydrogen-bond acceptors (Lipinski definition) is 6. The van der Waals surface area contributed by atoms with Crippen LogP contribution in [0, 0.1) is 11.2 Å². The van der Waals surface area contributed by atoms with E-state index in [-0.39, 0.29) is 17.3 Å². The summed E-state index contributed by atoms with van der Waals surface area (Å²) in [6, 6.07) is 8.03. The fourth-order valence-electron chi connectivity index (χ4n) is 4.50. The van der Waals surface area contributed by atoms with Gasteiger partial charge in [-0.15, -0.1) is 0 Å². The number of ether oxygens (including phenoxy) is 1. The number of carbonyl (C=O) groups is 1. The van der Waals surface area contributed by atoms with Crippen molar-refractivity contribution in [2.24, 2.45) is 11.1 Å². The number of nitrogens with zero attached hydrogens (tertiary/aromatic N) is 3. The van der Waals surface area contributed by atoms with Gasteiger partial charge in [-0.05, 0) is 55.4 Å². The first-order valence-electron chi connectivity index (χ1n) is 9.60. The van der Waals surface area contributed by atoms with Crippen molar-refractivity contribution in [3.63, 3.8) is 0 Å². The number of hydrogen-bond donors (Lipinski definition) is 2. The first-order valence-corrected chi connectivity index (χ1v) is 9.60. The van der Waals surface area contributed by atoms with Gasteiger partial charge in [0.2, 0.25) is 5.88 Å². The number of pyridine rings is 1. The van der Waals surface area contributed by atoms with Crippen LogP contribution in [0.15, 0.2) is 42.7 Å². The number of nitrogens with two attached hydrogens (primary N) is 1. The Labute approximate surface area is 166 Å². The highest BCUT2D eigenvalue weighted by molar-refractivity contribution is 5.94. The molecule has 0 bridgehead atoms. The molecule has 2 aliphatic rings. The summed E-state index contributed by atoms with van der Waals surface area (Å²) in [5.41, 5.74) is 7.18. The summed E-state index contributed by atoms with van der Waals surface area (Å²) in [4.78, 5) is 24.4. The number of amides is 1. The third-order valence-corrected chi connectivity index (χ3v) is 5.85. The smallest absolute Gasteiger partial charge is 0.254 e. The summed E-state index contributed by atoms with van der Waals surface area (Å²) in [5.74, 6) is 0.172. The van der Waals surface area contributed by atoms with Gasteiger partial charge in [-0.1, -0.05) is 0 Å². The average Bonchev–Trinajstić information content (AvgIpc) is 2.65. The van der Waals surface area contributed by atoms with Gasteiger partial charge >= 0.3 is 0 Å². The molecule has 29 heavy (non-hydrogen) atoms. The second kappa shape index (κ2) is 6.65. The lowest BCUT2D eigenvalue weighted by Crippen LogP contribution is -2.56. The van der Waals surface area contributed by atoms with Crippen LogP contribution < -0.4 is 15.8 Å². The zero-order chi connectivity index (χ0) is 20.0. The normalized spacial score (nSPS) is 25.3. The van der Waals surface area contributed by atoms with Gasteiger partial charge < -0.3 is 15.8 Å². The van der Waals surface area contributed by atoms with Crippen molar-refractivity contribution >= 4 is 22.8 Å². The second-order valence-electron chi connectivity index (χ2n) is 8.01. The van der Waals surface area contributed by atoms with Gasteiger partial charge in [-0.25, -0.2) is 14.4 Å². The van der Waals surface area contributed by atoms with E-state index in [1.807, 2.05) is 0 Å². The molecule has 0 unspecified atom stereocenters. The summed E-state index contributed by atoms with van der Waals surface area (Å²) < 4.78 is 19.2. The first kappa shape index (κ1) is 17.8. The molecule has 148 valence electrons. The van der Waals surface area contributed by atoms with Crippen LogP contribution in [0.25, 0.3) is 11.0 Å². The monoisotopic (exact) mass is 393 g/mol. The predicted molar refractivity (Wildman–Crippen MR) is 105 cm³/mol. The van der Waals surface area contributed by atoms with Crippen LogP contribution in [0.3, 0.4) is 0 Å². The Kier molecular flexibility index (Phi) is 4.08. The molecule has 0 aliphatic heterocycles. The number of rotatable bonds is 5. The van der Waals surface area contributed by atoms with Crippen molar-refractivity contribution in [2.75, 3.05) is 5.32 Å². The Balaban J connectivity index is 1.16. The van der Waals surface area contributed by atoms with Crippen LogP contribution in [-0.2, 0) is 0 Å². The quantitative estimate of drug-likeness (QED) is 0.691. The molecule has 1 aromatic carbocycles. The van der Waals surface area contributed by atoms with Crippen LogP contribution in [0.2, 0.25) is 0 Å². The van der Waals surface area contributed by atoms with Crippen LogP contribution in [0.4, 0.5) is 10.2 Å². The third kappa shape index (κ3) is 3.35. The molecule has 3 N–H and O–H groups in total. The lowest BCUT2D eigenvalue weighted by atomic mass is 9.53.